The van der Waals surface area contributed by atoms with Gasteiger partial charge in [-0.1, -0.05) is 170 Å². The summed E-state index contributed by atoms with van der Waals surface area (Å²) in [6, 6.07) is 78.3. The number of aromatic nitrogens is 2. The molecule has 11 aromatic rings. The number of rotatable bonds is 2. The topological polar surface area (TPSA) is 33.6 Å². The van der Waals surface area contributed by atoms with E-state index in [1.165, 1.54) is 21.5 Å². The predicted octanol–water partition coefficient (Wildman–Crippen LogP) is 14.6. The van der Waals surface area contributed by atoms with E-state index in [9.17, 15) is 5.26 Å². The standard InChI is InChI=1S/C55H35N3/c56-36-37-33-38(57-52-29-13-9-25-48(52)44-21-5-1-17-40(44)41-18-2-6-22-45(41)49-26-10-14-30-53(49)57)35-39(34-37)58-54-31-15-11-27-50(54)46-23-7-3-19-42(46)43-20-4-8-24-47(43)51-28-12-16-32-55(51)58/h1-35H. The van der Waals surface area contributed by atoms with Crippen molar-refractivity contribution in [3.63, 3.8) is 0 Å². The zero-order valence-corrected chi connectivity index (χ0v) is 31.5. The highest BCUT2D eigenvalue weighted by molar-refractivity contribution is 6.21. The quantitative estimate of drug-likeness (QED) is 0.174. The van der Waals surface area contributed by atoms with Crippen molar-refractivity contribution in [1.29, 1.82) is 5.26 Å². The lowest BCUT2D eigenvalue weighted by Crippen LogP contribution is -2.03. The van der Waals surface area contributed by atoms with Crippen molar-refractivity contribution >= 4 is 86.7 Å². The summed E-state index contributed by atoms with van der Waals surface area (Å²) in [5.41, 5.74) is 6.48. The van der Waals surface area contributed by atoms with E-state index in [0.717, 1.165) is 76.5 Å². The van der Waals surface area contributed by atoms with Crippen molar-refractivity contribution < 1.29 is 0 Å². The average Bonchev–Trinajstić information content (AvgIpc) is 3.37. The summed E-state index contributed by atoms with van der Waals surface area (Å²) in [5, 5.41) is 24.7. The first-order chi connectivity index (χ1) is 28.8. The molecule has 0 spiro atoms. The summed E-state index contributed by atoms with van der Waals surface area (Å²) in [6.07, 6.45) is 0. The highest BCUT2D eigenvalue weighted by Gasteiger charge is 2.15. The van der Waals surface area contributed by atoms with Gasteiger partial charge in [0.25, 0.3) is 0 Å². The molecule has 9 aromatic carbocycles. The van der Waals surface area contributed by atoms with Gasteiger partial charge >= 0.3 is 0 Å². The molecule has 0 unspecified atom stereocenters. The fourth-order valence-corrected chi connectivity index (χ4v) is 9.13. The molecule has 0 amide bonds. The minimum Gasteiger partial charge on any atom is -0.309 e. The molecular weight excluding hydrogens is 703 g/mol. The van der Waals surface area contributed by atoms with Gasteiger partial charge in [-0.25, -0.2) is 0 Å². The summed E-state index contributed by atoms with van der Waals surface area (Å²) in [4.78, 5) is 0. The minimum atomic E-state index is 0.568. The second kappa shape index (κ2) is 13.7. The monoisotopic (exact) mass is 737 g/mol. The average molecular weight is 738 g/mol. The number of nitriles is 1. The van der Waals surface area contributed by atoms with E-state index in [-0.39, 0.29) is 0 Å². The molecule has 0 saturated carbocycles. The van der Waals surface area contributed by atoms with Crippen molar-refractivity contribution in [2.24, 2.45) is 0 Å². The van der Waals surface area contributed by atoms with Crippen LogP contribution in [0.15, 0.2) is 212 Å². The van der Waals surface area contributed by atoms with Crippen LogP contribution in [0.3, 0.4) is 0 Å². The Bertz CT molecular complexity index is 3210. The summed E-state index contributed by atoms with van der Waals surface area (Å²) >= 11 is 0. The van der Waals surface area contributed by atoms with Gasteiger partial charge in [-0.15, -0.1) is 0 Å². The normalized spacial score (nSPS) is 11.4. The number of hydrogen-bond acceptors (Lipinski definition) is 1. The van der Waals surface area contributed by atoms with Gasteiger partial charge in [0, 0.05) is 32.9 Å². The van der Waals surface area contributed by atoms with Crippen molar-refractivity contribution in [2.75, 3.05) is 0 Å². The second-order valence-corrected chi connectivity index (χ2v) is 14.8. The summed E-state index contributed by atoms with van der Waals surface area (Å²) in [5.74, 6) is 0. The van der Waals surface area contributed by atoms with Gasteiger partial charge in [0.05, 0.1) is 33.7 Å². The molecule has 0 aliphatic rings. The van der Waals surface area contributed by atoms with Crippen molar-refractivity contribution in [3.05, 3.63) is 218 Å². The Labute approximate surface area is 335 Å². The van der Waals surface area contributed by atoms with Crippen molar-refractivity contribution in [1.82, 2.24) is 9.13 Å². The van der Waals surface area contributed by atoms with Crippen molar-refractivity contribution in [2.45, 2.75) is 0 Å². The molecule has 2 aromatic heterocycles. The summed E-state index contributed by atoms with van der Waals surface area (Å²) < 4.78 is 4.71. The molecule has 0 saturated heterocycles. The van der Waals surface area contributed by atoms with Crippen LogP contribution in [0.5, 0.6) is 0 Å². The van der Waals surface area contributed by atoms with Gasteiger partial charge in [-0.3, -0.25) is 0 Å². The number of para-hydroxylation sites is 4. The van der Waals surface area contributed by atoms with Gasteiger partial charge in [-0.05, 0) is 85.6 Å². The molecule has 0 radical (unpaired) electrons. The molecule has 0 atom stereocenters. The third kappa shape index (κ3) is 5.28. The Morgan fingerprint density at radius 1 is 0.259 bits per heavy atom. The maximum Gasteiger partial charge on any atom is 0.0993 e. The number of nitrogens with zero attached hydrogens (tertiary/aromatic N) is 3. The van der Waals surface area contributed by atoms with Crippen LogP contribution in [0.4, 0.5) is 0 Å². The zero-order valence-electron chi connectivity index (χ0n) is 31.5. The maximum absolute atomic E-state index is 10.9. The van der Waals surface area contributed by atoms with Gasteiger partial charge in [0.1, 0.15) is 0 Å². The van der Waals surface area contributed by atoms with E-state index in [1.807, 2.05) is 12.1 Å². The SMILES string of the molecule is N#Cc1cc(-n2c3ccccc3c3ccccc3c3ccccc3c3ccccc32)cc(-n2c3ccccc3c3ccccc3c3ccccc3c3ccccc32)c1. The lowest BCUT2D eigenvalue weighted by atomic mass is 10.0. The molecule has 58 heavy (non-hydrogen) atoms. The third-order valence-electron chi connectivity index (χ3n) is 11.6. The summed E-state index contributed by atoms with van der Waals surface area (Å²) in [7, 11) is 0. The Hall–Kier alpha value is -7.93. The van der Waals surface area contributed by atoms with Crippen molar-refractivity contribution in [3.8, 4) is 17.4 Å². The van der Waals surface area contributed by atoms with E-state index in [4.69, 9.17) is 0 Å². The van der Waals surface area contributed by atoms with Crippen LogP contribution in [0.1, 0.15) is 5.56 Å². The molecule has 0 aliphatic heterocycles. The molecule has 270 valence electrons. The molecule has 0 fully saturated rings. The number of hydrogen-bond donors (Lipinski definition) is 0. The first-order valence-electron chi connectivity index (χ1n) is 19.7. The first kappa shape index (κ1) is 33.4. The first-order valence-corrected chi connectivity index (χ1v) is 19.7. The molecule has 0 bridgehead atoms. The maximum atomic E-state index is 10.9. The van der Waals surface area contributed by atoms with Gasteiger partial charge < -0.3 is 9.13 Å². The van der Waals surface area contributed by atoms with Gasteiger partial charge in [0.2, 0.25) is 0 Å². The highest BCUT2D eigenvalue weighted by atomic mass is 15.0. The zero-order chi connectivity index (χ0) is 38.6. The van der Waals surface area contributed by atoms with E-state index in [0.29, 0.717) is 5.56 Å². The smallest absolute Gasteiger partial charge is 0.0993 e. The van der Waals surface area contributed by atoms with Crippen LogP contribution < -0.4 is 0 Å². The van der Waals surface area contributed by atoms with Crippen LogP contribution >= 0.6 is 0 Å². The predicted molar refractivity (Wildman–Crippen MR) is 245 cm³/mol. The molecule has 3 heteroatoms. The fourth-order valence-electron chi connectivity index (χ4n) is 9.13. The number of fused-ring (bicyclic) bond motifs is 14. The lowest BCUT2D eigenvalue weighted by Gasteiger charge is -2.18. The highest BCUT2D eigenvalue weighted by Crippen LogP contribution is 2.37. The van der Waals surface area contributed by atoms with E-state index in [1.54, 1.807) is 0 Å². The molecule has 3 nitrogen and oxygen atoms in total. The fraction of sp³-hybridized carbons (Fsp3) is 0. The van der Waals surface area contributed by atoms with Crippen LogP contribution in [0.25, 0.3) is 98.1 Å². The van der Waals surface area contributed by atoms with Crippen LogP contribution in [0, 0.1) is 11.3 Å². The van der Waals surface area contributed by atoms with E-state index >= 15 is 0 Å². The minimum absolute atomic E-state index is 0.568. The Kier molecular flexibility index (Phi) is 7.88. The Morgan fingerprint density at radius 3 is 0.707 bits per heavy atom. The molecule has 0 aliphatic carbocycles. The van der Waals surface area contributed by atoms with Crippen LogP contribution in [0.2, 0.25) is 0 Å². The Morgan fingerprint density at radius 2 is 0.466 bits per heavy atom. The summed E-state index contributed by atoms with van der Waals surface area (Å²) in [6.45, 7) is 0. The third-order valence-corrected chi connectivity index (χ3v) is 11.6. The molecule has 2 heterocycles. The van der Waals surface area contributed by atoms with Gasteiger partial charge in [-0.2, -0.15) is 5.26 Å². The molecular formula is C55H35N3. The van der Waals surface area contributed by atoms with Crippen LogP contribution in [-0.2, 0) is 0 Å². The lowest BCUT2D eigenvalue weighted by molar-refractivity contribution is 1.12. The van der Waals surface area contributed by atoms with Crippen LogP contribution in [-0.4, -0.2) is 9.13 Å². The molecule has 11 rings (SSSR count). The van der Waals surface area contributed by atoms with Gasteiger partial charge in [0.15, 0.2) is 0 Å². The number of benzene rings is 9. The largest absolute Gasteiger partial charge is 0.309 e. The van der Waals surface area contributed by atoms with E-state index < -0.39 is 0 Å². The second-order valence-electron chi connectivity index (χ2n) is 14.8. The van der Waals surface area contributed by atoms with E-state index in [2.05, 4.69) is 215 Å². The molecule has 0 N–H and O–H groups in total. The Balaban J connectivity index is 1.39.